The fraction of sp³-hybridized carbons (Fsp3) is 0.583. The molecule has 0 N–H and O–H groups in total. The Morgan fingerprint density at radius 2 is 2.50 bits per heavy atom. The number of hydrogen-bond acceptors (Lipinski definition) is 2. The third-order valence-corrected chi connectivity index (χ3v) is 2.52. The Balaban J connectivity index is 2.37. The molecule has 84 valence electrons. The largest absolute Gasteiger partial charge is 0.295 e. The molecule has 1 unspecified atom stereocenters. The van der Waals surface area contributed by atoms with E-state index in [1.165, 1.54) is 0 Å². The highest BCUT2D eigenvalue weighted by molar-refractivity contribution is 5.93. The average molecular weight is 217 g/mol. The summed E-state index contributed by atoms with van der Waals surface area (Å²) in [5.41, 5.74) is 8.99. The van der Waals surface area contributed by atoms with E-state index in [4.69, 9.17) is 5.53 Å². The van der Waals surface area contributed by atoms with Crippen molar-refractivity contribution in [2.75, 3.05) is 6.54 Å². The van der Waals surface area contributed by atoms with Crippen LogP contribution in [0.1, 0.15) is 32.6 Å². The lowest BCUT2D eigenvalue weighted by molar-refractivity contribution is -0.118. The smallest absolute Gasteiger partial charge is 0.159 e. The lowest BCUT2D eigenvalue weighted by Gasteiger charge is -2.13. The molecule has 1 rings (SSSR count). The third-order valence-electron chi connectivity index (χ3n) is 2.52. The number of hydrogen-bond donors (Lipinski definition) is 0. The molecule has 0 spiro atoms. The van der Waals surface area contributed by atoms with Gasteiger partial charge in [-0.1, -0.05) is 23.9 Å². The Hall–Kier alpha value is -1.72. The van der Waals surface area contributed by atoms with Crippen LogP contribution in [0.4, 0.5) is 0 Å². The first-order valence-corrected chi connectivity index (χ1v) is 5.48. The van der Waals surface area contributed by atoms with Gasteiger partial charge in [-0.25, -0.2) is 0 Å². The van der Waals surface area contributed by atoms with Crippen molar-refractivity contribution in [3.05, 3.63) is 22.1 Å². The Morgan fingerprint density at radius 1 is 1.69 bits per heavy atom. The van der Waals surface area contributed by atoms with E-state index in [1.54, 1.807) is 6.08 Å². The van der Waals surface area contributed by atoms with Crippen LogP contribution in [0.15, 0.2) is 16.8 Å². The maximum atomic E-state index is 11.4. The van der Waals surface area contributed by atoms with Gasteiger partial charge in [0.15, 0.2) is 5.78 Å². The highest BCUT2D eigenvalue weighted by atomic mass is 16.1. The number of allylic oxidation sites excluding steroid dienone is 2. The van der Waals surface area contributed by atoms with Crippen LogP contribution < -0.4 is 0 Å². The third kappa shape index (κ3) is 4.20. The molecular formula is C12H15N3O. The minimum absolute atomic E-state index is 0.149. The van der Waals surface area contributed by atoms with Crippen molar-refractivity contribution in [3.63, 3.8) is 0 Å². The maximum Gasteiger partial charge on any atom is 0.159 e. The van der Waals surface area contributed by atoms with Crippen LogP contribution in [0.5, 0.6) is 0 Å². The lowest BCUT2D eigenvalue weighted by atomic mass is 9.90. The van der Waals surface area contributed by atoms with Crippen LogP contribution in [0.3, 0.4) is 0 Å². The minimum atomic E-state index is 0.149. The van der Waals surface area contributed by atoms with Crippen molar-refractivity contribution < 1.29 is 4.79 Å². The van der Waals surface area contributed by atoms with Gasteiger partial charge < -0.3 is 0 Å². The summed E-state index contributed by atoms with van der Waals surface area (Å²) in [5.74, 6) is 6.33. The molecule has 1 aliphatic rings. The van der Waals surface area contributed by atoms with E-state index in [1.807, 2.05) is 6.92 Å². The first-order valence-electron chi connectivity index (χ1n) is 5.48. The van der Waals surface area contributed by atoms with Gasteiger partial charge in [0.2, 0.25) is 0 Å². The van der Waals surface area contributed by atoms with Gasteiger partial charge >= 0.3 is 0 Å². The number of carbonyl (C=O) groups excluding carboxylic acids is 1. The molecule has 0 saturated carbocycles. The summed E-state index contributed by atoms with van der Waals surface area (Å²) >= 11 is 0. The Labute approximate surface area is 95.4 Å². The molecule has 0 aromatic carbocycles. The molecule has 0 amide bonds. The first kappa shape index (κ1) is 12.4. The second-order valence-electron chi connectivity index (χ2n) is 3.87. The van der Waals surface area contributed by atoms with E-state index in [0.717, 1.165) is 24.8 Å². The monoisotopic (exact) mass is 217 g/mol. The fourth-order valence-corrected chi connectivity index (χ4v) is 1.46. The number of azide groups is 1. The van der Waals surface area contributed by atoms with Crippen molar-refractivity contribution >= 4 is 5.78 Å². The van der Waals surface area contributed by atoms with Gasteiger partial charge in [0.25, 0.3) is 0 Å². The van der Waals surface area contributed by atoms with Gasteiger partial charge in [0, 0.05) is 29.4 Å². The van der Waals surface area contributed by atoms with Crippen LogP contribution in [-0.2, 0) is 4.79 Å². The molecular weight excluding hydrogens is 202 g/mol. The summed E-state index contributed by atoms with van der Waals surface area (Å²) in [4.78, 5) is 14.0. The molecule has 1 atom stereocenters. The lowest BCUT2D eigenvalue weighted by Crippen LogP contribution is -2.13. The molecule has 0 aromatic rings. The van der Waals surface area contributed by atoms with Crippen molar-refractivity contribution in [1.82, 2.24) is 0 Å². The van der Waals surface area contributed by atoms with Crippen molar-refractivity contribution in [2.24, 2.45) is 11.0 Å². The van der Waals surface area contributed by atoms with E-state index in [2.05, 4.69) is 21.9 Å². The molecule has 0 fully saturated rings. The molecule has 0 aliphatic heterocycles. The van der Waals surface area contributed by atoms with Crippen LogP contribution >= 0.6 is 0 Å². The normalized spacial score (nSPS) is 19.2. The maximum absolute atomic E-state index is 11.4. The van der Waals surface area contributed by atoms with Gasteiger partial charge in [-0.2, -0.15) is 0 Å². The van der Waals surface area contributed by atoms with Gasteiger partial charge in [0.05, 0.1) is 0 Å². The van der Waals surface area contributed by atoms with Gasteiger partial charge in [-0.15, -0.1) is 0 Å². The number of ketones is 1. The highest BCUT2D eigenvalue weighted by Crippen LogP contribution is 2.19. The molecule has 0 radical (unpaired) electrons. The Morgan fingerprint density at radius 3 is 3.19 bits per heavy atom. The van der Waals surface area contributed by atoms with E-state index in [0.29, 0.717) is 13.0 Å². The predicted octanol–water partition coefficient (Wildman–Crippen LogP) is 3.01. The second-order valence-corrected chi connectivity index (χ2v) is 3.87. The standard InChI is InChI=1S/C12H15N3O/c1-10-6-7-11(9-12(10)16)5-3-2-4-8-14-15-13/h9-10H,2,4,6-8H2,1H3. The zero-order chi connectivity index (χ0) is 11.8. The first-order chi connectivity index (χ1) is 7.74. The summed E-state index contributed by atoms with van der Waals surface area (Å²) in [6.07, 6.45) is 4.94. The zero-order valence-electron chi connectivity index (χ0n) is 9.44. The van der Waals surface area contributed by atoms with Crippen LogP contribution in [0.2, 0.25) is 0 Å². The van der Waals surface area contributed by atoms with E-state index in [9.17, 15) is 4.79 Å². The van der Waals surface area contributed by atoms with Gasteiger partial charge in [0.1, 0.15) is 0 Å². The molecule has 0 heterocycles. The average Bonchev–Trinajstić information content (AvgIpc) is 2.28. The van der Waals surface area contributed by atoms with Crippen molar-refractivity contribution in [3.8, 4) is 11.8 Å². The zero-order valence-corrected chi connectivity index (χ0v) is 9.44. The quantitative estimate of drug-likeness (QED) is 0.235. The minimum Gasteiger partial charge on any atom is -0.295 e. The van der Waals surface area contributed by atoms with Crippen LogP contribution in [-0.4, -0.2) is 12.3 Å². The number of carbonyl (C=O) groups is 1. The molecule has 0 saturated heterocycles. The summed E-state index contributed by atoms with van der Waals surface area (Å²) in [6.45, 7) is 2.43. The number of rotatable bonds is 3. The molecule has 16 heavy (non-hydrogen) atoms. The van der Waals surface area contributed by atoms with Crippen LogP contribution in [0.25, 0.3) is 10.4 Å². The van der Waals surface area contributed by atoms with Crippen LogP contribution in [0, 0.1) is 17.8 Å². The van der Waals surface area contributed by atoms with Crippen molar-refractivity contribution in [1.29, 1.82) is 0 Å². The predicted molar refractivity (Wildman–Crippen MR) is 62.5 cm³/mol. The van der Waals surface area contributed by atoms with E-state index < -0.39 is 0 Å². The SMILES string of the molecule is CC1CCC(C#CCCCN=[N+]=[N-])=CC1=O. The number of nitrogens with zero attached hydrogens (tertiary/aromatic N) is 3. The molecule has 4 heteroatoms. The summed E-state index contributed by atoms with van der Waals surface area (Å²) in [6, 6.07) is 0. The van der Waals surface area contributed by atoms with Gasteiger partial charge in [-0.3, -0.25) is 4.79 Å². The molecule has 4 nitrogen and oxygen atoms in total. The molecule has 0 aromatic heterocycles. The molecule has 0 bridgehead atoms. The second kappa shape index (κ2) is 6.71. The van der Waals surface area contributed by atoms with E-state index >= 15 is 0 Å². The summed E-state index contributed by atoms with van der Waals surface area (Å²) in [7, 11) is 0. The van der Waals surface area contributed by atoms with E-state index in [-0.39, 0.29) is 11.7 Å². The summed E-state index contributed by atoms with van der Waals surface area (Å²) in [5, 5.41) is 3.42. The summed E-state index contributed by atoms with van der Waals surface area (Å²) < 4.78 is 0. The van der Waals surface area contributed by atoms with Gasteiger partial charge in [-0.05, 0) is 30.9 Å². The Kier molecular flexibility index (Phi) is 5.18. The number of unbranched alkanes of at least 4 members (excludes halogenated alkanes) is 1. The Bertz CT molecular complexity index is 394. The highest BCUT2D eigenvalue weighted by Gasteiger charge is 2.16. The van der Waals surface area contributed by atoms with Crippen molar-refractivity contribution in [2.45, 2.75) is 32.6 Å². The fourth-order valence-electron chi connectivity index (χ4n) is 1.46. The molecule has 1 aliphatic carbocycles. The topological polar surface area (TPSA) is 65.8 Å².